The molecule has 0 aliphatic heterocycles. The molecular weight excluding hydrogens is 556 g/mol. The molecule has 0 radical (unpaired) electrons. The number of hydrogen-bond acceptors (Lipinski definition) is 6. The van der Waals surface area contributed by atoms with E-state index in [2.05, 4.69) is 31.2 Å². The van der Waals surface area contributed by atoms with E-state index in [4.69, 9.17) is 0 Å². The third-order valence-electron chi connectivity index (χ3n) is 7.56. The molecule has 2 rings (SSSR count). The van der Waals surface area contributed by atoms with Crippen LogP contribution in [0, 0.1) is 11.8 Å². The predicted octanol–water partition coefficient (Wildman–Crippen LogP) is 4.82. The van der Waals surface area contributed by atoms with E-state index in [0.29, 0.717) is 24.2 Å². The van der Waals surface area contributed by atoms with Crippen LogP contribution in [0.3, 0.4) is 0 Å². The lowest BCUT2D eigenvalue weighted by atomic mass is 10.0. The highest BCUT2D eigenvalue weighted by atomic mass is 16.2. The summed E-state index contributed by atoms with van der Waals surface area (Å²) in [5.74, 6) is -0.867. The molecule has 0 saturated heterocycles. The van der Waals surface area contributed by atoms with Crippen molar-refractivity contribution in [1.29, 1.82) is 0 Å². The first-order chi connectivity index (χ1) is 21.2. The van der Waals surface area contributed by atoms with Crippen molar-refractivity contribution < 1.29 is 19.2 Å². The van der Waals surface area contributed by atoms with Gasteiger partial charge in [0.2, 0.25) is 11.8 Å². The van der Waals surface area contributed by atoms with Crippen LogP contribution in [0.2, 0.25) is 0 Å². The second kappa shape index (κ2) is 21.0. The van der Waals surface area contributed by atoms with Crippen LogP contribution in [0.15, 0.2) is 49.1 Å². The molecule has 2 heterocycles. The van der Waals surface area contributed by atoms with Crippen molar-refractivity contribution in [2.75, 3.05) is 13.1 Å². The molecule has 10 nitrogen and oxygen atoms in total. The lowest BCUT2D eigenvalue weighted by Crippen LogP contribution is -2.49. The summed E-state index contributed by atoms with van der Waals surface area (Å²) in [4.78, 5) is 58.0. The first-order valence-electron chi connectivity index (χ1n) is 16.2. The Hall–Kier alpha value is -3.82. The molecule has 242 valence electrons. The molecule has 44 heavy (non-hydrogen) atoms. The van der Waals surface area contributed by atoms with E-state index in [1.54, 1.807) is 49.1 Å². The Morgan fingerprint density at radius 1 is 0.523 bits per heavy atom. The van der Waals surface area contributed by atoms with E-state index in [1.165, 1.54) is 25.7 Å². The normalized spacial score (nSPS) is 12.4. The number of aromatic nitrogens is 2. The summed E-state index contributed by atoms with van der Waals surface area (Å²) in [5.41, 5.74) is 0.979. The van der Waals surface area contributed by atoms with Crippen molar-refractivity contribution in [1.82, 2.24) is 31.2 Å². The van der Waals surface area contributed by atoms with Crippen LogP contribution in [-0.2, 0) is 9.59 Å². The number of amides is 4. The largest absolute Gasteiger partial charge is 0.354 e. The van der Waals surface area contributed by atoms with Crippen LogP contribution in [-0.4, -0.2) is 58.8 Å². The topological polar surface area (TPSA) is 142 Å². The monoisotopic (exact) mass is 608 g/mol. The number of rotatable bonds is 21. The highest BCUT2D eigenvalue weighted by Crippen LogP contribution is 2.11. The Bertz CT molecular complexity index is 1040. The summed E-state index contributed by atoms with van der Waals surface area (Å²) in [7, 11) is 0. The van der Waals surface area contributed by atoms with E-state index in [1.807, 2.05) is 27.7 Å². The minimum Gasteiger partial charge on any atom is -0.354 e. The number of nitrogens with one attached hydrogen (secondary N) is 4. The van der Waals surface area contributed by atoms with Crippen LogP contribution in [0.5, 0.6) is 0 Å². The summed E-state index contributed by atoms with van der Waals surface area (Å²) in [6.45, 7) is 8.91. The number of carbonyl (C=O) groups is 4. The Labute approximate surface area is 263 Å². The predicted molar refractivity (Wildman–Crippen MR) is 173 cm³/mol. The van der Waals surface area contributed by atoms with Gasteiger partial charge in [-0.1, -0.05) is 79.1 Å². The van der Waals surface area contributed by atoms with Crippen LogP contribution < -0.4 is 21.3 Å². The van der Waals surface area contributed by atoms with Gasteiger partial charge >= 0.3 is 0 Å². The Morgan fingerprint density at radius 3 is 1.11 bits per heavy atom. The number of nitrogens with zero attached hydrogens (tertiary/aromatic N) is 2. The molecule has 2 aromatic heterocycles. The SMILES string of the molecule is CC(C)[C@H](NC(=O)c1ccncc1)C(=O)NCCCCCCCCCCCCNC(=O)[C@@H](NC(=O)c1ccncc1)C(C)C. The fourth-order valence-electron chi connectivity index (χ4n) is 4.83. The van der Waals surface area contributed by atoms with E-state index in [0.717, 1.165) is 38.5 Å². The molecule has 4 amide bonds. The van der Waals surface area contributed by atoms with Gasteiger partial charge in [0.15, 0.2) is 0 Å². The van der Waals surface area contributed by atoms with Gasteiger partial charge in [-0.05, 0) is 48.9 Å². The minimum atomic E-state index is -0.574. The molecule has 2 atom stereocenters. The second-order valence-electron chi connectivity index (χ2n) is 12.0. The maximum absolute atomic E-state index is 12.7. The molecule has 2 aromatic rings. The first kappa shape index (κ1) is 36.4. The molecule has 0 fully saturated rings. The van der Waals surface area contributed by atoms with Crippen LogP contribution in [0.1, 0.15) is 113 Å². The van der Waals surface area contributed by atoms with Gasteiger partial charge in [-0.15, -0.1) is 0 Å². The van der Waals surface area contributed by atoms with E-state index in [9.17, 15) is 19.2 Å². The van der Waals surface area contributed by atoms with E-state index in [-0.39, 0.29) is 35.5 Å². The van der Waals surface area contributed by atoms with Crippen molar-refractivity contribution in [2.24, 2.45) is 11.8 Å². The number of pyridine rings is 2. The number of carbonyl (C=O) groups excluding carboxylic acids is 4. The number of hydrogen-bond donors (Lipinski definition) is 4. The van der Waals surface area contributed by atoms with E-state index < -0.39 is 12.1 Å². The van der Waals surface area contributed by atoms with Gasteiger partial charge in [0.25, 0.3) is 11.8 Å². The Balaban J connectivity index is 1.46. The fraction of sp³-hybridized carbons (Fsp3) is 0.588. The van der Waals surface area contributed by atoms with Crippen molar-refractivity contribution in [3.8, 4) is 0 Å². The third kappa shape index (κ3) is 14.1. The Morgan fingerprint density at radius 2 is 0.818 bits per heavy atom. The first-order valence-corrected chi connectivity index (χ1v) is 16.2. The summed E-state index contributed by atoms with van der Waals surface area (Å²) in [6, 6.07) is 5.38. The Kier molecular flexibility index (Phi) is 17.3. The maximum Gasteiger partial charge on any atom is 0.252 e. The van der Waals surface area contributed by atoms with Gasteiger partial charge in [0.1, 0.15) is 12.1 Å². The summed E-state index contributed by atoms with van der Waals surface area (Å²) in [5, 5.41) is 11.6. The zero-order valence-corrected chi connectivity index (χ0v) is 26.9. The summed E-state index contributed by atoms with van der Waals surface area (Å²) < 4.78 is 0. The summed E-state index contributed by atoms with van der Waals surface area (Å²) >= 11 is 0. The van der Waals surface area contributed by atoms with Gasteiger partial charge in [-0.25, -0.2) is 0 Å². The van der Waals surface area contributed by atoms with Crippen LogP contribution in [0.25, 0.3) is 0 Å². The fourth-order valence-corrected chi connectivity index (χ4v) is 4.83. The van der Waals surface area contributed by atoms with Crippen molar-refractivity contribution in [2.45, 2.75) is 104 Å². The van der Waals surface area contributed by atoms with Crippen molar-refractivity contribution in [3.05, 3.63) is 60.2 Å². The van der Waals surface area contributed by atoms with Gasteiger partial charge in [0, 0.05) is 49.0 Å². The standard InChI is InChI=1S/C34H52N6O4/c1-25(2)29(39-31(41)27-15-21-35-22-16-27)33(43)37-19-13-11-9-7-5-6-8-10-12-14-20-38-34(44)30(26(3)4)40-32(42)28-17-23-36-24-18-28/h15-18,21-26,29-30H,5-14,19-20H2,1-4H3,(H,37,43)(H,38,44)(H,39,41)(H,40,42)/t29-,30-/m0/s1. The third-order valence-corrected chi connectivity index (χ3v) is 7.56. The maximum atomic E-state index is 12.7. The minimum absolute atomic E-state index is 0.0190. The van der Waals surface area contributed by atoms with Crippen molar-refractivity contribution in [3.63, 3.8) is 0 Å². The van der Waals surface area contributed by atoms with Gasteiger partial charge < -0.3 is 21.3 Å². The molecule has 0 unspecified atom stereocenters. The molecule has 0 aliphatic rings. The van der Waals surface area contributed by atoms with Gasteiger partial charge in [0.05, 0.1) is 0 Å². The lowest BCUT2D eigenvalue weighted by Gasteiger charge is -2.21. The van der Waals surface area contributed by atoms with Crippen LogP contribution >= 0.6 is 0 Å². The molecule has 0 saturated carbocycles. The molecule has 0 aliphatic carbocycles. The second-order valence-corrected chi connectivity index (χ2v) is 12.0. The highest BCUT2D eigenvalue weighted by molar-refractivity contribution is 5.98. The average Bonchev–Trinajstić information content (AvgIpc) is 3.02. The zero-order valence-electron chi connectivity index (χ0n) is 26.9. The summed E-state index contributed by atoms with van der Waals surface area (Å²) in [6.07, 6.45) is 17.3. The molecule has 0 bridgehead atoms. The quantitative estimate of drug-likeness (QED) is 0.150. The molecule has 0 aromatic carbocycles. The molecule has 4 N–H and O–H groups in total. The van der Waals surface area contributed by atoms with E-state index >= 15 is 0 Å². The molecule has 0 spiro atoms. The lowest BCUT2D eigenvalue weighted by molar-refractivity contribution is -0.124. The molecule has 10 heteroatoms. The van der Waals surface area contributed by atoms with Crippen LogP contribution in [0.4, 0.5) is 0 Å². The zero-order chi connectivity index (χ0) is 32.2. The smallest absolute Gasteiger partial charge is 0.252 e. The van der Waals surface area contributed by atoms with Gasteiger partial charge in [-0.2, -0.15) is 0 Å². The van der Waals surface area contributed by atoms with Gasteiger partial charge in [-0.3, -0.25) is 29.1 Å². The highest BCUT2D eigenvalue weighted by Gasteiger charge is 2.25. The molecular formula is C34H52N6O4. The van der Waals surface area contributed by atoms with Crippen molar-refractivity contribution >= 4 is 23.6 Å². The number of unbranched alkanes of at least 4 members (excludes halogenated alkanes) is 9. The average molecular weight is 609 g/mol.